The zero-order valence-electron chi connectivity index (χ0n) is 18.1. The Morgan fingerprint density at radius 1 is 0.844 bits per heavy atom. The predicted molar refractivity (Wildman–Crippen MR) is 132 cm³/mol. The van der Waals surface area contributed by atoms with Crippen molar-refractivity contribution in [1.82, 2.24) is 24.6 Å². The van der Waals surface area contributed by atoms with Crippen LogP contribution < -0.4 is 0 Å². The molecular weight excluding hydrogens is 434 g/mol. The van der Waals surface area contributed by atoms with Crippen LogP contribution in [-0.4, -0.2) is 37.7 Å². The maximum absolute atomic E-state index is 4.84. The molecule has 2 aromatic heterocycles. The molecule has 0 spiro atoms. The molecule has 3 heterocycles. The molecule has 0 unspecified atom stereocenters. The number of rotatable bonds is 8. The summed E-state index contributed by atoms with van der Waals surface area (Å²) in [4.78, 5) is 7.35. The molecule has 5 rings (SSSR count). The second kappa shape index (κ2) is 10.4. The molecule has 164 valence electrons. The number of likely N-dealkylation sites (tertiary alicyclic amines) is 1. The molecule has 0 saturated carbocycles. The highest BCUT2D eigenvalue weighted by Gasteiger charge is 2.18. The van der Waals surface area contributed by atoms with Crippen molar-refractivity contribution < 1.29 is 0 Å². The van der Waals surface area contributed by atoms with Gasteiger partial charge in [0.25, 0.3) is 0 Å². The van der Waals surface area contributed by atoms with Gasteiger partial charge in [0.05, 0.1) is 18.8 Å². The van der Waals surface area contributed by atoms with E-state index in [0.717, 1.165) is 53.6 Å². The quantitative estimate of drug-likeness (QED) is 0.314. The lowest BCUT2D eigenvalue weighted by molar-refractivity contribution is 0.213. The molecule has 5 nitrogen and oxygen atoms in total. The van der Waals surface area contributed by atoms with E-state index in [4.69, 9.17) is 4.98 Å². The van der Waals surface area contributed by atoms with Crippen molar-refractivity contribution >= 4 is 23.1 Å². The van der Waals surface area contributed by atoms with Crippen LogP contribution in [0.25, 0.3) is 10.6 Å². The standard InChI is InChI=1S/C25H27N5S2/c1-4-10-20(11-5-1)16-30-23(17-29-14-8-3-9-15-29)27-28-25(30)32-19-22-18-31-24(26-22)21-12-6-2-7-13-21/h1-2,4-7,10-13,18H,3,8-9,14-17,19H2. The average molecular weight is 462 g/mol. The summed E-state index contributed by atoms with van der Waals surface area (Å²) in [5, 5.41) is 13.4. The first-order valence-electron chi connectivity index (χ1n) is 11.2. The average Bonchev–Trinajstić information content (AvgIpc) is 3.47. The lowest BCUT2D eigenvalue weighted by atomic mass is 10.1. The van der Waals surface area contributed by atoms with Gasteiger partial charge in [-0.2, -0.15) is 0 Å². The normalized spacial score (nSPS) is 14.6. The van der Waals surface area contributed by atoms with Crippen molar-refractivity contribution in [1.29, 1.82) is 0 Å². The van der Waals surface area contributed by atoms with Gasteiger partial charge in [0.1, 0.15) is 10.8 Å². The molecule has 1 saturated heterocycles. The molecule has 1 aliphatic rings. The largest absolute Gasteiger partial charge is 0.300 e. The van der Waals surface area contributed by atoms with Crippen molar-refractivity contribution in [2.24, 2.45) is 0 Å². The van der Waals surface area contributed by atoms with E-state index in [1.54, 1.807) is 23.1 Å². The summed E-state index contributed by atoms with van der Waals surface area (Å²) in [6.45, 7) is 3.98. The van der Waals surface area contributed by atoms with Crippen LogP contribution in [-0.2, 0) is 18.8 Å². The van der Waals surface area contributed by atoms with Crippen molar-refractivity contribution in [3.63, 3.8) is 0 Å². The molecule has 0 amide bonds. The molecule has 0 radical (unpaired) electrons. The molecule has 2 aromatic carbocycles. The Balaban J connectivity index is 1.33. The summed E-state index contributed by atoms with van der Waals surface area (Å²) in [5.41, 5.74) is 3.53. The minimum absolute atomic E-state index is 0.792. The minimum Gasteiger partial charge on any atom is -0.300 e. The zero-order chi connectivity index (χ0) is 21.6. The van der Waals surface area contributed by atoms with Gasteiger partial charge in [-0.05, 0) is 31.5 Å². The molecule has 32 heavy (non-hydrogen) atoms. The van der Waals surface area contributed by atoms with Gasteiger partial charge in [-0.15, -0.1) is 21.5 Å². The lowest BCUT2D eigenvalue weighted by Crippen LogP contribution is -2.30. The lowest BCUT2D eigenvalue weighted by Gasteiger charge is -2.26. The van der Waals surface area contributed by atoms with Crippen LogP contribution in [0.2, 0.25) is 0 Å². The van der Waals surface area contributed by atoms with E-state index in [0.29, 0.717) is 0 Å². The Hall–Kier alpha value is -2.48. The highest BCUT2D eigenvalue weighted by atomic mass is 32.2. The third-order valence-electron chi connectivity index (χ3n) is 5.71. The fourth-order valence-electron chi connectivity index (χ4n) is 4.01. The number of thioether (sulfide) groups is 1. The van der Waals surface area contributed by atoms with Crippen LogP contribution in [0.3, 0.4) is 0 Å². The van der Waals surface area contributed by atoms with Gasteiger partial charge in [0.2, 0.25) is 0 Å². The second-order valence-corrected chi connectivity index (χ2v) is 9.91. The Kier molecular flexibility index (Phi) is 6.96. The Morgan fingerprint density at radius 2 is 1.59 bits per heavy atom. The van der Waals surface area contributed by atoms with E-state index in [1.807, 2.05) is 6.07 Å². The van der Waals surface area contributed by atoms with Crippen molar-refractivity contribution in [3.8, 4) is 10.6 Å². The third kappa shape index (κ3) is 5.28. The summed E-state index contributed by atoms with van der Waals surface area (Å²) in [6, 6.07) is 21.0. The van der Waals surface area contributed by atoms with E-state index >= 15 is 0 Å². The maximum atomic E-state index is 4.84. The minimum atomic E-state index is 0.792. The van der Waals surface area contributed by atoms with Gasteiger partial charge < -0.3 is 4.57 Å². The second-order valence-electron chi connectivity index (χ2n) is 8.11. The number of aromatic nitrogens is 4. The number of hydrogen-bond acceptors (Lipinski definition) is 6. The number of nitrogens with zero attached hydrogens (tertiary/aromatic N) is 5. The topological polar surface area (TPSA) is 46.8 Å². The molecule has 4 aromatic rings. The monoisotopic (exact) mass is 461 g/mol. The molecule has 1 fully saturated rings. The summed E-state index contributed by atoms with van der Waals surface area (Å²) in [5.74, 6) is 1.85. The van der Waals surface area contributed by atoms with Crippen LogP contribution in [0.5, 0.6) is 0 Å². The fraction of sp³-hybridized carbons (Fsp3) is 0.320. The van der Waals surface area contributed by atoms with Crippen LogP contribution in [0, 0.1) is 0 Å². The molecule has 0 bridgehead atoms. The highest BCUT2D eigenvalue weighted by molar-refractivity contribution is 7.98. The van der Waals surface area contributed by atoms with E-state index in [-0.39, 0.29) is 0 Å². The molecule has 7 heteroatoms. The van der Waals surface area contributed by atoms with E-state index in [2.05, 4.69) is 79.6 Å². The predicted octanol–water partition coefficient (Wildman–Crippen LogP) is 5.73. The first-order chi connectivity index (χ1) is 15.8. The van der Waals surface area contributed by atoms with Crippen molar-refractivity contribution in [2.45, 2.75) is 43.3 Å². The van der Waals surface area contributed by atoms with E-state index in [9.17, 15) is 0 Å². The van der Waals surface area contributed by atoms with Crippen LogP contribution in [0.15, 0.2) is 71.2 Å². The maximum Gasteiger partial charge on any atom is 0.191 e. The highest BCUT2D eigenvalue weighted by Crippen LogP contribution is 2.28. The zero-order valence-corrected chi connectivity index (χ0v) is 19.7. The molecule has 0 N–H and O–H groups in total. The molecule has 1 aliphatic heterocycles. The summed E-state index contributed by atoms with van der Waals surface area (Å²) < 4.78 is 2.29. The van der Waals surface area contributed by atoms with Gasteiger partial charge in [-0.1, -0.05) is 78.8 Å². The van der Waals surface area contributed by atoms with E-state index in [1.165, 1.54) is 30.4 Å². The fourth-order valence-corrected chi connectivity index (χ4v) is 5.79. The number of piperidine rings is 1. The summed E-state index contributed by atoms with van der Waals surface area (Å²) in [6.07, 6.45) is 3.90. The van der Waals surface area contributed by atoms with Crippen molar-refractivity contribution in [3.05, 3.63) is 83.1 Å². The van der Waals surface area contributed by atoms with Gasteiger partial charge in [-0.25, -0.2) is 4.98 Å². The first kappa shape index (κ1) is 21.4. The van der Waals surface area contributed by atoms with Gasteiger partial charge in [-0.3, -0.25) is 4.90 Å². The SMILES string of the molecule is c1ccc(Cn2c(CN3CCCCC3)nnc2SCc2csc(-c3ccccc3)n2)cc1. The van der Waals surface area contributed by atoms with Gasteiger partial charge in [0, 0.05) is 16.7 Å². The molecular formula is C25H27N5S2. The molecule has 0 aliphatic carbocycles. The van der Waals surface area contributed by atoms with Crippen molar-refractivity contribution in [2.75, 3.05) is 13.1 Å². The Morgan fingerprint density at radius 3 is 2.38 bits per heavy atom. The summed E-state index contributed by atoms with van der Waals surface area (Å²) >= 11 is 3.42. The first-order valence-corrected chi connectivity index (χ1v) is 13.0. The van der Waals surface area contributed by atoms with Gasteiger partial charge in [0.15, 0.2) is 5.16 Å². The Bertz CT molecular complexity index is 1120. The van der Waals surface area contributed by atoms with Crippen LogP contribution in [0.4, 0.5) is 0 Å². The smallest absolute Gasteiger partial charge is 0.191 e. The van der Waals surface area contributed by atoms with E-state index < -0.39 is 0 Å². The number of thiazole rings is 1. The van der Waals surface area contributed by atoms with Crippen LogP contribution >= 0.6 is 23.1 Å². The molecule has 0 atom stereocenters. The van der Waals surface area contributed by atoms with Gasteiger partial charge >= 0.3 is 0 Å². The summed E-state index contributed by atoms with van der Waals surface area (Å²) in [7, 11) is 0. The van der Waals surface area contributed by atoms with Crippen LogP contribution in [0.1, 0.15) is 36.3 Å². The third-order valence-corrected chi connectivity index (χ3v) is 7.65. The Labute approximate surface area is 197 Å². The number of hydrogen-bond donors (Lipinski definition) is 0. The number of benzene rings is 2.